The molecule has 102 valence electrons. The van der Waals surface area contributed by atoms with Crippen LogP contribution in [0.4, 0.5) is 5.69 Å². The van der Waals surface area contributed by atoms with Crippen molar-refractivity contribution in [3.63, 3.8) is 0 Å². The van der Waals surface area contributed by atoms with Gasteiger partial charge in [0.15, 0.2) is 0 Å². The number of nitrogens with zero attached hydrogens (tertiary/aromatic N) is 2. The molecule has 1 atom stereocenters. The first-order valence-corrected chi connectivity index (χ1v) is 7.49. The number of anilines is 1. The minimum Gasteiger partial charge on any atom is -0.370 e. The van der Waals surface area contributed by atoms with Gasteiger partial charge in [-0.1, -0.05) is 6.58 Å². The number of amides is 1. The Kier molecular flexibility index (Phi) is 2.20. The van der Waals surface area contributed by atoms with Gasteiger partial charge in [-0.2, -0.15) is 0 Å². The fourth-order valence-electron chi connectivity index (χ4n) is 3.25. The fraction of sp³-hybridized carbons (Fsp3) is 0.333. The Morgan fingerprint density at radius 1 is 1.55 bits per heavy atom. The predicted octanol–water partition coefficient (Wildman–Crippen LogP) is 2.53. The van der Waals surface area contributed by atoms with Crippen molar-refractivity contribution in [3.8, 4) is 0 Å². The van der Waals surface area contributed by atoms with Crippen LogP contribution in [0.25, 0.3) is 10.2 Å². The van der Waals surface area contributed by atoms with Gasteiger partial charge in [0.1, 0.15) is 0 Å². The zero-order chi connectivity index (χ0) is 14.6. The summed E-state index contributed by atoms with van der Waals surface area (Å²) in [5.74, 6) is 0.109. The van der Waals surface area contributed by atoms with Crippen LogP contribution < -0.4 is 10.2 Å². The van der Waals surface area contributed by atoms with E-state index in [4.69, 9.17) is 1.37 Å². The zero-order valence-electron chi connectivity index (χ0n) is 12.0. The van der Waals surface area contributed by atoms with Crippen LogP contribution in [0.1, 0.15) is 14.2 Å². The number of aromatic nitrogens is 1. The van der Waals surface area contributed by atoms with Gasteiger partial charge >= 0.3 is 0 Å². The molecule has 0 bridgehead atoms. The highest BCUT2D eigenvalue weighted by Gasteiger charge is 2.48. The smallest absolute Gasteiger partial charge is 0.232 e. The van der Waals surface area contributed by atoms with Gasteiger partial charge in [-0.05, 0) is 24.6 Å². The summed E-state index contributed by atoms with van der Waals surface area (Å²) < 4.78 is 8.65. The SMILES string of the molecule is [3H]c1nc2cc(N3CCC4(CC(=C)NC4=O)C3)ccc2s1. The van der Waals surface area contributed by atoms with Crippen molar-refractivity contribution >= 4 is 33.1 Å². The Labute approximate surface area is 122 Å². The first-order chi connectivity index (χ1) is 10.1. The average Bonchev–Trinajstić information content (AvgIpc) is 3.07. The number of benzene rings is 1. The van der Waals surface area contributed by atoms with Gasteiger partial charge in [0.05, 0.1) is 22.5 Å². The summed E-state index contributed by atoms with van der Waals surface area (Å²) in [5, 5.41) is 2.86. The van der Waals surface area contributed by atoms with Crippen molar-refractivity contribution in [2.24, 2.45) is 5.41 Å². The van der Waals surface area contributed by atoms with Crippen molar-refractivity contribution in [3.05, 3.63) is 36.0 Å². The van der Waals surface area contributed by atoms with E-state index in [9.17, 15) is 4.79 Å². The molecule has 2 aliphatic heterocycles. The molecule has 1 unspecified atom stereocenters. The maximum Gasteiger partial charge on any atom is 0.232 e. The molecule has 0 radical (unpaired) electrons. The largest absolute Gasteiger partial charge is 0.370 e. The van der Waals surface area contributed by atoms with E-state index < -0.39 is 0 Å². The Morgan fingerprint density at radius 3 is 3.25 bits per heavy atom. The van der Waals surface area contributed by atoms with E-state index in [0.717, 1.165) is 47.5 Å². The summed E-state index contributed by atoms with van der Waals surface area (Å²) in [5.41, 5.74) is 2.80. The Balaban J connectivity index is 1.64. The van der Waals surface area contributed by atoms with Crippen LogP contribution in [0.3, 0.4) is 0 Å². The number of rotatable bonds is 1. The van der Waals surface area contributed by atoms with Crippen LogP contribution in [0.2, 0.25) is 0 Å². The molecule has 4 nitrogen and oxygen atoms in total. The number of carbonyl (C=O) groups is 1. The third-order valence-electron chi connectivity index (χ3n) is 4.31. The second-order valence-electron chi connectivity index (χ2n) is 5.64. The third-order valence-corrected chi connectivity index (χ3v) is 5.05. The van der Waals surface area contributed by atoms with Gasteiger partial charge in [-0.15, -0.1) is 11.3 Å². The molecule has 2 saturated heterocycles. The lowest BCUT2D eigenvalue weighted by atomic mass is 9.85. The zero-order valence-corrected chi connectivity index (χ0v) is 11.8. The minimum atomic E-state index is -0.311. The predicted molar refractivity (Wildman–Crippen MR) is 80.8 cm³/mol. The maximum absolute atomic E-state index is 12.2. The van der Waals surface area contributed by atoms with Crippen molar-refractivity contribution in [1.82, 2.24) is 10.3 Å². The van der Waals surface area contributed by atoms with Crippen LogP contribution in [-0.4, -0.2) is 24.0 Å². The molecule has 5 heteroatoms. The molecule has 1 amide bonds. The number of nitrogens with one attached hydrogen (secondary N) is 1. The summed E-state index contributed by atoms with van der Waals surface area (Å²) in [7, 11) is 0. The van der Waals surface area contributed by atoms with E-state index >= 15 is 0 Å². The molecule has 3 heterocycles. The summed E-state index contributed by atoms with van der Waals surface area (Å²) in [6.07, 6.45) is 1.59. The molecule has 2 fully saturated rings. The number of hydrogen-bond acceptors (Lipinski definition) is 4. The Bertz CT molecular complexity index is 771. The topological polar surface area (TPSA) is 45.2 Å². The highest BCUT2D eigenvalue weighted by atomic mass is 32.1. The number of hydrogen-bond donors (Lipinski definition) is 1. The Hall–Kier alpha value is -1.88. The van der Waals surface area contributed by atoms with E-state index in [1.165, 1.54) is 11.3 Å². The lowest BCUT2D eigenvalue weighted by molar-refractivity contribution is -0.126. The van der Waals surface area contributed by atoms with Gasteiger partial charge in [0, 0.05) is 30.9 Å². The standard InChI is InChI=1S/C15H15N3OS/c1-10-7-15(14(19)17-10)4-5-18(8-15)11-2-3-13-12(6-11)16-9-20-13/h2-3,6,9H,1,4-5,7-8H2,(H,17,19)/i9T. The number of carbonyl (C=O) groups excluding carboxylic acids is 1. The monoisotopic (exact) mass is 287 g/mol. The lowest BCUT2D eigenvalue weighted by Crippen LogP contribution is -2.34. The van der Waals surface area contributed by atoms with Crippen LogP contribution in [-0.2, 0) is 4.79 Å². The quantitative estimate of drug-likeness (QED) is 0.876. The van der Waals surface area contributed by atoms with Crippen LogP contribution in [0.5, 0.6) is 0 Å². The molecule has 1 spiro atoms. The molecular formula is C15H15N3OS. The highest BCUT2D eigenvalue weighted by Crippen LogP contribution is 2.42. The number of thiazole rings is 1. The second-order valence-corrected chi connectivity index (χ2v) is 6.47. The second kappa shape index (κ2) is 4.06. The van der Waals surface area contributed by atoms with Crippen molar-refractivity contribution < 1.29 is 6.17 Å². The van der Waals surface area contributed by atoms with Gasteiger partial charge < -0.3 is 10.2 Å². The van der Waals surface area contributed by atoms with Crippen LogP contribution in [0.15, 0.2) is 36.0 Å². The average molecular weight is 287 g/mol. The third kappa shape index (κ3) is 1.66. The van der Waals surface area contributed by atoms with Crippen molar-refractivity contribution in [2.45, 2.75) is 12.8 Å². The molecule has 4 rings (SSSR count). The summed E-state index contributed by atoms with van der Waals surface area (Å²) >= 11 is 1.38. The molecule has 20 heavy (non-hydrogen) atoms. The first kappa shape index (κ1) is 10.9. The fourth-order valence-corrected chi connectivity index (χ4v) is 3.83. The normalized spacial score (nSPS) is 26.6. The van der Waals surface area contributed by atoms with E-state index in [-0.39, 0.29) is 11.3 Å². The van der Waals surface area contributed by atoms with Crippen molar-refractivity contribution in [1.29, 1.82) is 0 Å². The van der Waals surface area contributed by atoms with Crippen LogP contribution >= 0.6 is 11.3 Å². The molecule has 1 aromatic carbocycles. The van der Waals surface area contributed by atoms with Gasteiger partial charge in [0.2, 0.25) is 5.91 Å². The summed E-state index contributed by atoms with van der Waals surface area (Å²) in [6.45, 7) is 5.47. The van der Waals surface area contributed by atoms with Gasteiger partial charge in [-0.25, -0.2) is 4.98 Å². The molecule has 0 saturated carbocycles. The maximum atomic E-state index is 12.2. The van der Waals surface area contributed by atoms with Gasteiger partial charge in [-0.3, -0.25) is 4.79 Å². The molecule has 0 aliphatic carbocycles. The molecule has 2 aliphatic rings. The minimum absolute atomic E-state index is 0.109. The van der Waals surface area contributed by atoms with E-state index in [2.05, 4.69) is 27.8 Å². The van der Waals surface area contributed by atoms with Gasteiger partial charge in [0.25, 0.3) is 0 Å². The number of fused-ring (bicyclic) bond motifs is 1. The lowest BCUT2D eigenvalue weighted by Gasteiger charge is -2.22. The first-order valence-electron chi connectivity index (χ1n) is 7.17. The number of allylic oxidation sites excluding steroid dienone is 1. The molecule has 1 aromatic heterocycles. The summed E-state index contributed by atoms with van der Waals surface area (Å²) in [6, 6.07) is 6.09. The van der Waals surface area contributed by atoms with E-state index in [1.54, 1.807) is 0 Å². The summed E-state index contributed by atoms with van der Waals surface area (Å²) in [4.78, 5) is 18.6. The Morgan fingerprint density at radius 2 is 2.45 bits per heavy atom. The van der Waals surface area contributed by atoms with E-state index in [0.29, 0.717) is 5.49 Å². The van der Waals surface area contributed by atoms with Crippen LogP contribution in [0, 0.1) is 5.41 Å². The molecule has 1 N–H and O–H groups in total. The highest BCUT2D eigenvalue weighted by molar-refractivity contribution is 7.16. The molecular weight excluding hydrogens is 270 g/mol. The molecule has 2 aromatic rings. The van der Waals surface area contributed by atoms with E-state index in [1.807, 2.05) is 12.1 Å². The van der Waals surface area contributed by atoms with Crippen molar-refractivity contribution in [2.75, 3.05) is 18.0 Å².